The number of hydrogen-bond donors (Lipinski definition) is 1. The quantitative estimate of drug-likeness (QED) is 0.826. The number of methoxy groups -OCH3 is 1. The van der Waals surface area contributed by atoms with Crippen molar-refractivity contribution in [2.24, 2.45) is 0 Å². The van der Waals surface area contributed by atoms with Crippen LogP contribution in [0.1, 0.15) is 30.0 Å². The molecule has 0 spiro atoms. The Balaban J connectivity index is 1.50. The number of anilines is 1. The van der Waals surface area contributed by atoms with Crippen molar-refractivity contribution < 1.29 is 13.9 Å². The summed E-state index contributed by atoms with van der Waals surface area (Å²) in [5, 5.41) is 0. The van der Waals surface area contributed by atoms with Crippen molar-refractivity contribution in [3.8, 4) is 5.75 Å². The molecular weight excluding hydrogens is 375 g/mol. The van der Waals surface area contributed by atoms with Gasteiger partial charge in [-0.3, -0.25) is 14.7 Å². The minimum absolute atomic E-state index is 0.132. The zero-order valence-electron chi connectivity index (χ0n) is 16.7. The maximum atomic E-state index is 14.2. The number of benzene rings is 1. The highest BCUT2D eigenvalue weighted by Gasteiger charge is 2.25. The molecule has 156 valence electrons. The molecule has 2 fully saturated rings. The lowest BCUT2D eigenvalue weighted by atomic mass is 9.94. The monoisotopic (exact) mass is 402 g/mol. The minimum Gasteiger partial charge on any atom is -0.497 e. The van der Waals surface area contributed by atoms with Crippen LogP contribution in [0.5, 0.6) is 5.75 Å². The largest absolute Gasteiger partial charge is 0.497 e. The van der Waals surface area contributed by atoms with E-state index in [2.05, 4.69) is 14.8 Å². The van der Waals surface area contributed by atoms with Gasteiger partial charge in [0, 0.05) is 43.7 Å². The van der Waals surface area contributed by atoms with Gasteiger partial charge in [-0.15, -0.1) is 0 Å². The maximum Gasteiger partial charge on any atom is 0.252 e. The Kier molecular flexibility index (Phi) is 6.10. The first kappa shape index (κ1) is 19.8. The fourth-order valence-corrected chi connectivity index (χ4v) is 4.08. The number of H-pyrrole nitrogens is 1. The lowest BCUT2D eigenvalue weighted by Gasteiger charge is -2.33. The summed E-state index contributed by atoms with van der Waals surface area (Å²) in [6, 6.07) is 6.43. The SMILES string of the molecule is COc1ccc(F)c(CN2CCCC(c3cc(=O)[nH]c(N4CCOCC4)n3)C2)c1. The molecule has 1 unspecified atom stereocenters. The van der Waals surface area contributed by atoms with Gasteiger partial charge in [0.15, 0.2) is 0 Å². The number of piperidine rings is 1. The maximum absolute atomic E-state index is 14.2. The molecular formula is C21H27FN4O3. The van der Waals surface area contributed by atoms with E-state index >= 15 is 0 Å². The van der Waals surface area contributed by atoms with Crippen LogP contribution in [0.3, 0.4) is 0 Å². The van der Waals surface area contributed by atoms with Crippen molar-refractivity contribution in [2.75, 3.05) is 51.4 Å². The number of rotatable bonds is 5. The van der Waals surface area contributed by atoms with Crippen LogP contribution in [-0.4, -0.2) is 61.4 Å². The smallest absolute Gasteiger partial charge is 0.252 e. The second-order valence-electron chi connectivity index (χ2n) is 7.62. The molecule has 1 aromatic carbocycles. The Morgan fingerprint density at radius 2 is 2.10 bits per heavy atom. The first-order valence-corrected chi connectivity index (χ1v) is 10.1. The number of aromatic nitrogens is 2. The number of aromatic amines is 1. The molecule has 0 aliphatic carbocycles. The van der Waals surface area contributed by atoms with Crippen molar-refractivity contribution in [2.45, 2.75) is 25.3 Å². The molecule has 2 aliphatic rings. The molecule has 1 atom stereocenters. The van der Waals surface area contributed by atoms with Gasteiger partial charge in [-0.1, -0.05) is 0 Å². The fourth-order valence-electron chi connectivity index (χ4n) is 4.08. The summed E-state index contributed by atoms with van der Waals surface area (Å²) in [5.74, 6) is 1.20. The molecule has 1 N–H and O–H groups in total. The topological polar surface area (TPSA) is 70.7 Å². The molecule has 1 aromatic heterocycles. The Bertz CT molecular complexity index is 898. The lowest BCUT2D eigenvalue weighted by molar-refractivity contribution is 0.122. The molecule has 29 heavy (non-hydrogen) atoms. The highest BCUT2D eigenvalue weighted by atomic mass is 19.1. The molecule has 4 rings (SSSR count). The Morgan fingerprint density at radius 1 is 1.28 bits per heavy atom. The van der Waals surface area contributed by atoms with Gasteiger partial charge >= 0.3 is 0 Å². The molecule has 0 radical (unpaired) electrons. The van der Waals surface area contributed by atoms with E-state index in [-0.39, 0.29) is 17.3 Å². The molecule has 2 saturated heterocycles. The summed E-state index contributed by atoms with van der Waals surface area (Å²) in [6.45, 7) is 4.87. The van der Waals surface area contributed by atoms with Gasteiger partial charge in [-0.25, -0.2) is 9.37 Å². The predicted octanol–water partition coefficient (Wildman–Crippen LogP) is 2.13. The summed E-state index contributed by atoms with van der Waals surface area (Å²) in [5.41, 5.74) is 1.30. The Hall–Kier alpha value is -2.45. The summed E-state index contributed by atoms with van der Waals surface area (Å²) in [4.78, 5) is 24.2. The first-order valence-electron chi connectivity index (χ1n) is 10.1. The van der Waals surface area contributed by atoms with Crippen LogP contribution in [0.25, 0.3) is 0 Å². The second kappa shape index (κ2) is 8.92. The van der Waals surface area contributed by atoms with Crippen LogP contribution in [0.2, 0.25) is 0 Å². The molecule has 7 nitrogen and oxygen atoms in total. The number of nitrogens with zero attached hydrogens (tertiary/aromatic N) is 3. The van der Waals surface area contributed by atoms with E-state index in [1.54, 1.807) is 25.3 Å². The second-order valence-corrected chi connectivity index (χ2v) is 7.62. The van der Waals surface area contributed by atoms with E-state index in [4.69, 9.17) is 14.5 Å². The molecule has 0 amide bonds. The van der Waals surface area contributed by atoms with Crippen LogP contribution < -0.4 is 15.2 Å². The highest BCUT2D eigenvalue weighted by molar-refractivity contribution is 5.32. The van der Waals surface area contributed by atoms with Crippen molar-refractivity contribution in [1.82, 2.24) is 14.9 Å². The van der Waals surface area contributed by atoms with E-state index in [1.165, 1.54) is 6.07 Å². The molecule has 2 aliphatic heterocycles. The van der Waals surface area contributed by atoms with Crippen LogP contribution in [0.4, 0.5) is 10.3 Å². The zero-order chi connectivity index (χ0) is 20.2. The van der Waals surface area contributed by atoms with E-state index in [0.717, 1.165) is 44.7 Å². The van der Waals surface area contributed by atoms with Gasteiger partial charge < -0.3 is 14.4 Å². The number of ether oxygens (including phenoxy) is 2. The van der Waals surface area contributed by atoms with Crippen molar-refractivity contribution >= 4 is 5.95 Å². The Morgan fingerprint density at radius 3 is 2.90 bits per heavy atom. The van der Waals surface area contributed by atoms with E-state index in [9.17, 15) is 9.18 Å². The third-order valence-corrected chi connectivity index (χ3v) is 5.63. The average molecular weight is 402 g/mol. The third kappa shape index (κ3) is 4.76. The molecule has 0 bridgehead atoms. The highest BCUT2D eigenvalue weighted by Crippen LogP contribution is 2.28. The molecule has 3 heterocycles. The van der Waals surface area contributed by atoms with Gasteiger partial charge in [-0.2, -0.15) is 0 Å². The summed E-state index contributed by atoms with van der Waals surface area (Å²) >= 11 is 0. The zero-order valence-corrected chi connectivity index (χ0v) is 16.7. The van der Waals surface area contributed by atoms with Gasteiger partial charge in [0.25, 0.3) is 5.56 Å². The van der Waals surface area contributed by atoms with E-state index in [1.807, 2.05) is 0 Å². The van der Waals surface area contributed by atoms with Gasteiger partial charge in [-0.05, 0) is 37.6 Å². The summed E-state index contributed by atoms with van der Waals surface area (Å²) < 4.78 is 24.9. The number of nitrogens with one attached hydrogen (secondary N) is 1. The first-order chi connectivity index (χ1) is 14.1. The lowest BCUT2D eigenvalue weighted by Crippen LogP contribution is -2.39. The minimum atomic E-state index is -0.225. The average Bonchev–Trinajstić information content (AvgIpc) is 2.76. The predicted molar refractivity (Wildman–Crippen MR) is 108 cm³/mol. The van der Waals surface area contributed by atoms with Gasteiger partial charge in [0.05, 0.1) is 26.0 Å². The number of halogens is 1. The van der Waals surface area contributed by atoms with Crippen LogP contribution in [-0.2, 0) is 11.3 Å². The van der Waals surface area contributed by atoms with Crippen LogP contribution in [0, 0.1) is 5.82 Å². The summed E-state index contributed by atoms with van der Waals surface area (Å²) in [7, 11) is 1.58. The number of hydrogen-bond acceptors (Lipinski definition) is 6. The fraction of sp³-hybridized carbons (Fsp3) is 0.524. The van der Waals surface area contributed by atoms with E-state index in [0.29, 0.717) is 37.0 Å². The van der Waals surface area contributed by atoms with Crippen LogP contribution >= 0.6 is 0 Å². The van der Waals surface area contributed by atoms with Crippen molar-refractivity contribution in [3.05, 3.63) is 51.7 Å². The van der Waals surface area contributed by atoms with Crippen molar-refractivity contribution in [3.63, 3.8) is 0 Å². The van der Waals surface area contributed by atoms with Crippen LogP contribution in [0.15, 0.2) is 29.1 Å². The Labute approximate surface area is 169 Å². The third-order valence-electron chi connectivity index (χ3n) is 5.63. The number of likely N-dealkylation sites (tertiary alicyclic amines) is 1. The van der Waals surface area contributed by atoms with Gasteiger partial charge in [0.2, 0.25) is 5.95 Å². The molecule has 8 heteroatoms. The molecule has 2 aromatic rings. The number of morpholine rings is 1. The van der Waals surface area contributed by atoms with Crippen molar-refractivity contribution in [1.29, 1.82) is 0 Å². The van der Waals surface area contributed by atoms with Gasteiger partial charge in [0.1, 0.15) is 11.6 Å². The molecule has 0 saturated carbocycles. The summed E-state index contributed by atoms with van der Waals surface area (Å²) in [6.07, 6.45) is 1.95. The van der Waals surface area contributed by atoms with E-state index < -0.39 is 0 Å². The standard InChI is InChI=1S/C21H27FN4O3/c1-28-17-4-5-18(22)16(11-17)14-25-6-2-3-15(13-25)19-12-20(27)24-21(23-19)26-7-9-29-10-8-26/h4-5,11-12,15H,2-3,6-10,13-14H2,1H3,(H,23,24,27). The normalized spacial score (nSPS) is 20.6.